The van der Waals surface area contributed by atoms with Crippen LogP contribution in [0, 0.1) is 0 Å². The fraction of sp³-hybridized carbons (Fsp3) is 0. The lowest BCUT2D eigenvalue weighted by atomic mass is 10.0. The summed E-state index contributed by atoms with van der Waals surface area (Å²) in [5, 5.41) is 4.02. The van der Waals surface area contributed by atoms with E-state index in [1.165, 1.54) is 4.57 Å². The summed E-state index contributed by atoms with van der Waals surface area (Å²) >= 11 is 0. The molecule has 4 aromatic heterocycles. The first-order valence-electron chi connectivity index (χ1n) is 17.6. The molecule has 0 bridgehead atoms. The zero-order valence-corrected chi connectivity index (χ0v) is 28.7. The third-order valence-corrected chi connectivity index (χ3v) is 9.89. The highest BCUT2D eigenvalue weighted by atomic mass is 16.2. The summed E-state index contributed by atoms with van der Waals surface area (Å²) < 4.78 is 3.45. The van der Waals surface area contributed by atoms with E-state index in [4.69, 9.17) is 15.0 Å². The molecule has 254 valence electrons. The third kappa shape index (κ3) is 5.08. The summed E-state index contributed by atoms with van der Waals surface area (Å²) in [6, 6.07) is 51.0. The summed E-state index contributed by atoms with van der Waals surface area (Å²) in [7, 11) is 0. The van der Waals surface area contributed by atoms with Crippen LogP contribution in [0.4, 0.5) is 0 Å². The molecule has 0 aliphatic heterocycles. The zero-order valence-electron chi connectivity index (χ0n) is 28.7. The molecule has 4 heterocycles. The van der Waals surface area contributed by atoms with E-state index in [9.17, 15) is 9.59 Å². The van der Waals surface area contributed by atoms with Crippen molar-refractivity contribution in [2.45, 2.75) is 0 Å². The molecule has 0 amide bonds. The van der Waals surface area contributed by atoms with Gasteiger partial charge in [-0.05, 0) is 71.4 Å². The van der Waals surface area contributed by atoms with Gasteiger partial charge in [0.2, 0.25) is 0 Å². The lowest BCUT2D eigenvalue weighted by Gasteiger charge is -2.11. The van der Waals surface area contributed by atoms with Crippen molar-refractivity contribution in [3.8, 4) is 45.5 Å². The second-order valence-electron chi connectivity index (χ2n) is 13.1. The molecular formula is C46H28N6O2. The number of rotatable bonds is 5. The Labute approximate surface area is 308 Å². The van der Waals surface area contributed by atoms with Crippen molar-refractivity contribution in [2.75, 3.05) is 0 Å². The van der Waals surface area contributed by atoms with Crippen LogP contribution in [0.2, 0.25) is 0 Å². The normalized spacial score (nSPS) is 11.5. The maximum Gasteiger partial charge on any atom is 0.267 e. The van der Waals surface area contributed by atoms with Crippen molar-refractivity contribution >= 4 is 43.4 Å². The molecule has 8 heteroatoms. The largest absolute Gasteiger partial charge is 0.309 e. The Morgan fingerprint density at radius 1 is 0.370 bits per heavy atom. The van der Waals surface area contributed by atoms with Crippen LogP contribution in [0.5, 0.6) is 0 Å². The summed E-state index contributed by atoms with van der Waals surface area (Å²) in [4.78, 5) is 47.4. The Morgan fingerprint density at radius 3 is 1.56 bits per heavy atom. The summed E-state index contributed by atoms with van der Waals surface area (Å²) in [5.41, 5.74) is 5.16. The molecule has 0 fully saturated rings. The molecule has 0 spiro atoms. The number of benzene rings is 6. The van der Waals surface area contributed by atoms with Gasteiger partial charge in [-0.3, -0.25) is 14.6 Å². The number of nitrogens with zero attached hydrogens (tertiary/aromatic N) is 6. The van der Waals surface area contributed by atoms with Gasteiger partial charge in [-0.2, -0.15) is 0 Å². The first kappa shape index (κ1) is 31.2. The number of hydrogen-bond acceptors (Lipinski definition) is 6. The molecule has 8 nitrogen and oxygen atoms in total. The predicted octanol–water partition coefficient (Wildman–Crippen LogP) is 9.18. The molecule has 0 N–H and O–H groups in total. The van der Waals surface area contributed by atoms with Crippen LogP contribution in [0.3, 0.4) is 0 Å². The van der Waals surface area contributed by atoms with Crippen LogP contribution >= 0.6 is 0 Å². The molecule has 6 aromatic carbocycles. The molecule has 0 atom stereocenters. The molecule has 0 aliphatic carbocycles. The molecule has 0 unspecified atom stereocenters. The van der Waals surface area contributed by atoms with E-state index < -0.39 is 5.56 Å². The first-order chi connectivity index (χ1) is 26.6. The van der Waals surface area contributed by atoms with Crippen molar-refractivity contribution in [1.29, 1.82) is 0 Å². The lowest BCUT2D eigenvalue weighted by molar-refractivity contribution is 0.975. The van der Waals surface area contributed by atoms with Gasteiger partial charge in [0.25, 0.3) is 11.1 Å². The van der Waals surface area contributed by atoms with E-state index in [0.717, 1.165) is 44.2 Å². The van der Waals surface area contributed by atoms with E-state index in [-0.39, 0.29) is 5.56 Å². The maximum absolute atomic E-state index is 14.4. The van der Waals surface area contributed by atoms with Gasteiger partial charge < -0.3 is 4.57 Å². The van der Waals surface area contributed by atoms with Crippen molar-refractivity contribution in [3.05, 3.63) is 191 Å². The van der Waals surface area contributed by atoms with Crippen LogP contribution in [0.15, 0.2) is 180 Å². The third-order valence-electron chi connectivity index (χ3n) is 9.89. The van der Waals surface area contributed by atoms with E-state index in [0.29, 0.717) is 44.7 Å². The number of pyridine rings is 1. The molecule has 10 aromatic rings. The van der Waals surface area contributed by atoms with Crippen molar-refractivity contribution < 1.29 is 0 Å². The Bertz CT molecular complexity index is 3120. The van der Waals surface area contributed by atoms with Gasteiger partial charge in [0.05, 0.1) is 22.1 Å². The molecule has 0 aliphatic rings. The Balaban J connectivity index is 1.19. The van der Waals surface area contributed by atoms with Crippen molar-refractivity contribution in [2.24, 2.45) is 0 Å². The van der Waals surface area contributed by atoms with E-state index in [1.54, 1.807) is 24.5 Å². The van der Waals surface area contributed by atoms with Gasteiger partial charge >= 0.3 is 0 Å². The first-order valence-corrected chi connectivity index (χ1v) is 17.6. The van der Waals surface area contributed by atoms with Gasteiger partial charge in [-0.1, -0.05) is 97.1 Å². The summed E-state index contributed by atoms with van der Waals surface area (Å²) in [5.74, 6) is 1.76. The molecule has 0 saturated heterocycles. The van der Waals surface area contributed by atoms with Crippen LogP contribution in [0.1, 0.15) is 0 Å². The topological polar surface area (TPSA) is 95.6 Å². The van der Waals surface area contributed by atoms with Crippen LogP contribution in [-0.4, -0.2) is 29.1 Å². The monoisotopic (exact) mass is 696 g/mol. The van der Waals surface area contributed by atoms with Crippen LogP contribution in [0.25, 0.3) is 88.9 Å². The second-order valence-corrected chi connectivity index (χ2v) is 13.1. The minimum atomic E-state index is -0.414. The van der Waals surface area contributed by atoms with E-state index in [2.05, 4.69) is 33.8 Å². The van der Waals surface area contributed by atoms with Crippen LogP contribution < -0.4 is 11.1 Å². The Hall–Kier alpha value is -7.58. The number of fused-ring (bicyclic) bond motifs is 6. The number of para-hydroxylation sites is 2. The predicted molar refractivity (Wildman–Crippen MR) is 215 cm³/mol. The maximum atomic E-state index is 14.4. The van der Waals surface area contributed by atoms with Gasteiger partial charge in [0.1, 0.15) is 0 Å². The van der Waals surface area contributed by atoms with Crippen LogP contribution in [-0.2, 0) is 0 Å². The summed E-state index contributed by atoms with van der Waals surface area (Å²) in [6.45, 7) is 0. The molecule has 10 rings (SSSR count). The molecule has 0 radical (unpaired) electrons. The average molecular weight is 697 g/mol. The van der Waals surface area contributed by atoms with Gasteiger partial charge in [-0.25, -0.2) is 19.5 Å². The Morgan fingerprint density at radius 2 is 0.907 bits per heavy atom. The molecule has 0 saturated carbocycles. The SMILES string of the molecule is O=c1c2cnccc2c2cc3c(cc2c(=O)n1-c1ccccc1)c1ccccc1n3-c1ccc(-c2nc(-c3ccccc3)nc(-c3ccccc3)n2)cc1. The van der Waals surface area contributed by atoms with E-state index >= 15 is 0 Å². The fourth-order valence-electron chi connectivity index (χ4n) is 7.33. The highest BCUT2D eigenvalue weighted by molar-refractivity contribution is 6.17. The average Bonchev–Trinajstić information content (AvgIpc) is 3.53. The minimum absolute atomic E-state index is 0.363. The van der Waals surface area contributed by atoms with Gasteiger partial charge in [0.15, 0.2) is 17.5 Å². The standard InChI is InChI=1S/C46H28N6O2/c53-45-38-26-37-35-18-10-11-19-40(35)51(41(37)27-36(38)34-24-25-47-28-39(34)46(54)52(45)32-16-8-3-9-17-32)33-22-20-31(21-23-33)44-49-42(29-12-4-1-5-13-29)48-43(50-44)30-14-6-2-7-15-30/h1-28H. The number of hydrogen-bond donors (Lipinski definition) is 0. The zero-order chi connectivity index (χ0) is 36.2. The smallest absolute Gasteiger partial charge is 0.267 e. The van der Waals surface area contributed by atoms with Crippen molar-refractivity contribution in [1.82, 2.24) is 29.1 Å². The molecular weight excluding hydrogens is 669 g/mol. The second kappa shape index (κ2) is 12.6. The van der Waals surface area contributed by atoms with E-state index in [1.807, 2.05) is 121 Å². The highest BCUT2D eigenvalue weighted by Crippen LogP contribution is 2.36. The minimum Gasteiger partial charge on any atom is -0.309 e. The number of aromatic nitrogens is 6. The fourth-order valence-corrected chi connectivity index (χ4v) is 7.33. The molecule has 54 heavy (non-hydrogen) atoms. The Kier molecular flexibility index (Phi) is 7.26. The van der Waals surface area contributed by atoms with Crippen molar-refractivity contribution in [3.63, 3.8) is 0 Å². The van der Waals surface area contributed by atoms with Gasteiger partial charge in [-0.15, -0.1) is 0 Å². The van der Waals surface area contributed by atoms with Gasteiger partial charge in [0, 0.05) is 50.9 Å². The lowest BCUT2D eigenvalue weighted by Crippen LogP contribution is -2.28. The quantitative estimate of drug-likeness (QED) is 0.178. The highest BCUT2D eigenvalue weighted by Gasteiger charge is 2.19. The summed E-state index contributed by atoms with van der Waals surface area (Å²) in [6.07, 6.45) is 3.20.